The zero-order chi connectivity index (χ0) is 13.4. The van der Waals surface area contributed by atoms with Crippen LogP contribution in [-0.2, 0) is 11.3 Å². The van der Waals surface area contributed by atoms with Gasteiger partial charge >= 0.3 is 0 Å². The molecule has 4 nitrogen and oxygen atoms in total. The first-order valence-corrected chi connectivity index (χ1v) is 6.32. The van der Waals surface area contributed by atoms with Crippen LogP contribution < -0.4 is 10.2 Å². The van der Waals surface area contributed by atoms with Crippen molar-refractivity contribution in [3.63, 3.8) is 0 Å². The second-order valence-corrected chi connectivity index (χ2v) is 4.79. The fourth-order valence-corrected chi connectivity index (χ4v) is 2.41. The fraction of sp³-hybridized carbons (Fsp3) is 0.143. The van der Waals surface area contributed by atoms with Crippen LogP contribution in [0.4, 0.5) is 17.2 Å². The number of halogens is 1. The average Bonchev–Trinajstić information content (AvgIpc) is 2.55. The molecule has 96 valence electrons. The van der Waals surface area contributed by atoms with Crippen LogP contribution in [0.15, 0.2) is 36.5 Å². The zero-order valence-corrected chi connectivity index (χ0v) is 11.1. The lowest BCUT2D eigenvalue weighted by Gasteiger charge is -2.21. The van der Waals surface area contributed by atoms with Crippen LogP contribution in [0, 0.1) is 0 Å². The summed E-state index contributed by atoms with van der Waals surface area (Å²) in [6, 6.07) is 9.24. The van der Waals surface area contributed by atoms with Crippen molar-refractivity contribution in [2.24, 2.45) is 0 Å². The summed E-state index contributed by atoms with van der Waals surface area (Å²) in [6.45, 7) is 2.14. The van der Waals surface area contributed by atoms with Crippen LogP contribution in [0.3, 0.4) is 0 Å². The first kappa shape index (κ1) is 12.0. The molecule has 1 aliphatic rings. The largest absolute Gasteiger partial charge is 0.379 e. The molecule has 0 radical (unpaired) electrons. The molecule has 0 spiro atoms. The molecule has 0 saturated heterocycles. The van der Waals surface area contributed by atoms with Gasteiger partial charge in [-0.2, -0.15) is 0 Å². The summed E-state index contributed by atoms with van der Waals surface area (Å²) in [4.78, 5) is 17.9. The van der Waals surface area contributed by atoms with Gasteiger partial charge in [0.25, 0.3) is 0 Å². The lowest BCUT2D eigenvalue weighted by molar-refractivity contribution is -0.115. The van der Waals surface area contributed by atoms with E-state index in [0.29, 0.717) is 17.4 Å². The van der Waals surface area contributed by atoms with Crippen molar-refractivity contribution in [1.82, 2.24) is 4.98 Å². The predicted octanol–water partition coefficient (Wildman–Crippen LogP) is 3.35. The number of pyridine rings is 1. The van der Waals surface area contributed by atoms with Crippen LogP contribution in [-0.4, -0.2) is 10.9 Å². The van der Waals surface area contributed by atoms with E-state index in [2.05, 4.69) is 10.3 Å². The summed E-state index contributed by atoms with van der Waals surface area (Å²) in [7, 11) is 0. The number of hydrogen-bond donors (Lipinski definition) is 1. The lowest BCUT2D eigenvalue weighted by atomic mass is 10.2. The van der Waals surface area contributed by atoms with Gasteiger partial charge in [0.1, 0.15) is 5.82 Å². The first-order chi connectivity index (χ1) is 9.16. The highest BCUT2D eigenvalue weighted by Crippen LogP contribution is 2.37. The van der Waals surface area contributed by atoms with E-state index in [9.17, 15) is 4.79 Å². The van der Waals surface area contributed by atoms with Gasteiger partial charge in [-0.15, -0.1) is 0 Å². The van der Waals surface area contributed by atoms with E-state index < -0.39 is 0 Å². The molecule has 1 aromatic heterocycles. The smallest absolute Gasteiger partial charge is 0.229 e. The molecule has 0 unspecified atom stereocenters. The van der Waals surface area contributed by atoms with Crippen LogP contribution >= 0.6 is 11.6 Å². The highest BCUT2D eigenvalue weighted by atomic mass is 35.5. The molecule has 2 aromatic rings. The predicted molar refractivity (Wildman–Crippen MR) is 75.8 cm³/mol. The molecular weight excluding hydrogens is 262 g/mol. The van der Waals surface area contributed by atoms with Crippen molar-refractivity contribution < 1.29 is 4.79 Å². The number of anilines is 3. The quantitative estimate of drug-likeness (QED) is 0.801. The molecule has 0 fully saturated rings. The summed E-state index contributed by atoms with van der Waals surface area (Å²) in [6.07, 6.45) is 1.69. The van der Waals surface area contributed by atoms with Gasteiger partial charge in [0.15, 0.2) is 0 Å². The Kier molecular flexibility index (Phi) is 2.87. The third-order valence-corrected chi connectivity index (χ3v) is 3.30. The number of nitrogens with zero attached hydrogens (tertiary/aromatic N) is 2. The Balaban J connectivity index is 2.24. The molecule has 19 heavy (non-hydrogen) atoms. The monoisotopic (exact) mass is 273 g/mol. The van der Waals surface area contributed by atoms with Gasteiger partial charge in [0.2, 0.25) is 5.91 Å². The maximum atomic E-state index is 12.0. The minimum absolute atomic E-state index is 0.0766. The van der Waals surface area contributed by atoms with E-state index >= 15 is 0 Å². The average molecular weight is 274 g/mol. The van der Waals surface area contributed by atoms with E-state index in [4.69, 9.17) is 11.6 Å². The highest BCUT2D eigenvalue weighted by Gasteiger charge is 2.24. The SMILES string of the molecule is CC(=O)N1c2ccc(Cl)cc2NCc2cccnc21. The molecule has 1 aromatic carbocycles. The third-order valence-electron chi connectivity index (χ3n) is 3.06. The summed E-state index contributed by atoms with van der Waals surface area (Å²) < 4.78 is 0. The molecule has 0 bridgehead atoms. The zero-order valence-electron chi connectivity index (χ0n) is 10.4. The Bertz CT molecular complexity index is 657. The third kappa shape index (κ3) is 2.04. The Hall–Kier alpha value is -2.07. The molecular formula is C14H12ClN3O. The molecule has 2 heterocycles. The number of fused-ring (bicyclic) bond motifs is 2. The normalized spacial score (nSPS) is 13.1. The van der Waals surface area contributed by atoms with Gasteiger partial charge < -0.3 is 5.32 Å². The molecule has 3 rings (SSSR count). The van der Waals surface area contributed by atoms with Gasteiger partial charge in [-0.1, -0.05) is 17.7 Å². The summed E-state index contributed by atoms with van der Waals surface area (Å²) in [5.41, 5.74) is 2.58. The van der Waals surface area contributed by atoms with Crippen molar-refractivity contribution in [2.45, 2.75) is 13.5 Å². The van der Waals surface area contributed by atoms with E-state index in [-0.39, 0.29) is 5.91 Å². The van der Waals surface area contributed by atoms with Gasteiger partial charge in [0.05, 0.1) is 11.4 Å². The van der Waals surface area contributed by atoms with Gasteiger partial charge in [-0.3, -0.25) is 9.69 Å². The molecule has 0 aliphatic carbocycles. The van der Waals surface area contributed by atoms with Crippen molar-refractivity contribution in [3.8, 4) is 0 Å². The molecule has 0 saturated carbocycles. The molecule has 1 N–H and O–H groups in total. The number of nitrogens with one attached hydrogen (secondary N) is 1. The molecule has 1 aliphatic heterocycles. The van der Waals surface area contributed by atoms with Crippen molar-refractivity contribution in [1.29, 1.82) is 0 Å². The van der Waals surface area contributed by atoms with E-state index in [1.807, 2.05) is 24.3 Å². The number of carbonyl (C=O) groups is 1. The van der Waals surface area contributed by atoms with Gasteiger partial charge in [0, 0.05) is 30.3 Å². The highest BCUT2D eigenvalue weighted by molar-refractivity contribution is 6.31. The number of amides is 1. The topological polar surface area (TPSA) is 45.2 Å². The van der Waals surface area contributed by atoms with Gasteiger partial charge in [-0.05, 0) is 24.3 Å². The van der Waals surface area contributed by atoms with Crippen molar-refractivity contribution in [3.05, 3.63) is 47.1 Å². The summed E-state index contributed by atoms with van der Waals surface area (Å²) >= 11 is 6.01. The van der Waals surface area contributed by atoms with E-state index in [1.54, 1.807) is 17.2 Å². The van der Waals surface area contributed by atoms with E-state index in [0.717, 1.165) is 16.9 Å². The minimum Gasteiger partial charge on any atom is -0.379 e. The van der Waals surface area contributed by atoms with Crippen LogP contribution in [0.25, 0.3) is 0 Å². The second-order valence-electron chi connectivity index (χ2n) is 4.36. The minimum atomic E-state index is -0.0766. The Morgan fingerprint density at radius 3 is 3.05 bits per heavy atom. The number of hydrogen-bond acceptors (Lipinski definition) is 3. The first-order valence-electron chi connectivity index (χ1n) is 5.95. The summed E-state index contributed by atoms with van der Waals surface area (Å²) in [5.74, 6) is 0.593. The van der Waals surface area contributed by atoms with Crippen LogP contribution in [0.5, 0.6) is 0 Å². The molecule has 0 atom stereocenters. The summed E-state index contributed by atoms with van der Waals surface area (Å²) in [5, 5.41) is 3.92. The van der Waals surface area contributed by atoms with Crippen molar-refractivity contribution >= 4 is 34.7 Å². The Morgan fingerprint density at radius 2 is 2.26 bits per heavy atom. The van der Waals surface area contributed by atoms with Crippen molar-refractivity contribution in [2.75, 3.05) is 10.2 Å². The standard InChI is InChI=1S/C14H12ClN3O/c1-9(19)18-13-5-4-11(15)7-12(13)17-8-10-3-2-6-16-14(10)18/h2-7,17H,8H2,1H3. The number of carbonyl (C=O) groups excluding carboxylic acids is 1. The maximum absolute atomic E-state index is 12.0. The number of aromatic nitrogens is 1. The molecule has 5 heteroatoms. The maximum Gasteiger partial charge on any atom is 0.229 e. The number of benzene rings is 1. The Morgan fingerprint density at radius 1 is 1.42 bits per heavy atom. The number of rotatable bonds is 0. The van der Waals surface area contributed by atoms with E-state index in [1.165, 1.54) is 6.92 Å². The Labute approximate surface area is 116 Å². The van der Waals surface area contributed by atoms with Crippen LogP contribution in [0.1, 0.15) is 12.5 Å². The second kappa shape index (κ2) is 4.55. The molecule has 1 amide bonds. The fourth-order valence-electron chi connectivity index (χ4n) is 2.24. The lowest BCUT2D eigenvalue weighted by Crippen LogP contribution is -2.24. The van der Waals surface area contributed by atoms with Crippen LogP contribution in [0.2, 0.25) is 5.02 Å². The van der Waals surface area contributed by atoms with Gasteiger partial charge in [-0.25, -0.2) is 4.98 Å².